The second-order valence-corrected chi connectivity index (χ2v) is 12.2. The summed E-state index contributed by atoms with van der Waals surface area (Å²) in [5.41, 5.74) is 0. The second-order valence-electron chi connectivity index (χ2n) is 10.7. The standard InChI is InChI=1S/C36H59NO5S/c1-3-5-7-9-11-13-14-15-16-17-18-19-20-21-22-24-26-28-30-32-36(39)37-34(33-43(40,41)42)35(38)31-29-27-25-23-12-10-8-6-4-2/h5,7,11-13,15-16,18-19,21-23,29,31,34-35,38H,3-4,6,8-10,14,17,20,24-28,30,32-33H2,1-2H3,(H,37,39)(H,40,41,42)/b7-5-,13-11-,16-15-,19-18-,22-21-,23-12+,31-29+. The van der Waals surface area contributed by atoms with E-state index in [2.05, 4.69) is 92.1 Å². The fourth-order valence-corrected chi connectivity index (χ4v) is 4.87. The zero-order chi connectivity index (χ0) is 31.9. The molecule has 0 aliphatic heterocycles. The van der Waals surface area contributed by atoms with Gasteiger partial charge in [0, 0.05) is 6.42 Å². The van der Waals surface area contributed by atoms with Crippen molar-refractivity contribution in [3.05, 3.63) is 85.1 Å². The van der Waals surface area contributed by atoms with Crippen LogP contribution in [0.1, 0.15) is 117 Å². The molecule has 0 aliphatic carbocycles. The first-order valence-electron chi connectivity index (χ1n) is 16.3. The predicted octanol–water partition coefficient (Wildman–Crippen LogP) is 8.89. The fraction of sp³-hybridized carbons (Fsp3) is 0.583. The number of allylic oxidation sites excluding steroid dienone is 13. The number of carbonyl (C=O) groups is 1. The Bertz CT molecular complexity index is 989. The van der Waals surface area contributed by atoms with Crippen LogP contribution in [0.15, 0.2) is 85.1 Å². The van der Waals surface area contributed by atoms with E-state index in [0.29, 0.717) is 12.8 Å². The molecule has 0 aromatic rings. The van der Waals surface area contributed by atoms with Gasteiger partial charge in [-0.3, -0.25) is 9.35 Å². The molecule has 244 valence electrons. The third-order valence-electron chi connectivity index (χ3n) is 6.56. The summed E-state index contributed by atoms with van der Waals surface area (Å²) in [4.78, 5) is 12.4. The van der Waals surface area contributed by atoms with Crippen molar-refractivity contribution in [1.29, 1.82) is 0 Å². The summed E-state index contributed by atoms with van der Waals surface area (Å²) < 4.78 is 32.2. The fourth-order valence-electron chi connectivity index (χ4n) is 4.13. The quantitative estimate of drug-likeness (QED) is 0.0485. The highest BCUT2D eigenvalue weighted by molar-refractivity contribution is 7.85. The topological polar surface area (TPSA) is 104 Å². The minimum Gasteiger partial charge on any atom is -0.387 e. The Labute approximate surface area is 263 Å². The van der Waals surface area contributed by atoms with Gasteiger partial charge in [0.1, 0.15) is 0 Å². The number of aliphatic hydroxyl groups excluding tert-OH is 1. The molecule has 3 N–H and O–H groups in total. The first-order valence-corrected chi connectivity index (χ1v) is 17.9. The van der Waals surface area contributed by atoms with Gasteiger partial charge in [-0.25, -0.2) is 0 Å². The van der Waals surface area contributed by atoms with Crippen LogP contribution < -0.4 is 5.32 Å². The van der Waals surface area contributed by atoms with Gasteiger partial charge in [-0.15, -0.1) is 0 Å². The average Bonchev–Trinajstić information content (AvgIpc) is 2.96. The molecule has 0 saturated carbocycles. The molecule has 2 unspecified atom stereocenters. The van der Waals surface area contributed by atoms with Gasteiger partial charge in [0.2, 0.25) is 5.91 Å². The minimum absolute atomic E-state index is 0.243. The minimum atomic E-state index is -4.36. The van der Waals surface area contributed by atoms with Gasteiger partial charge >= 0.3 is 0 Å². The molecule has 43 heavy (non-hydrogen) atoms. The van der Waals surface area contributed by atoms with E-state index in [1.165, 1.54) is 25.3 Å². The number of rotatable bonds is 27. The molecule has 0 heterocycles. The molecule has 1 amide bonds. The molecule has 0 saturated heterocycles. The van der Waals surface area contributed by atoms with Gasteiger partial charge < -0.3 is 10.4 Å². The van der Waals surface area contributed by atoms with Crippen molar-refractivity contribution in [2.75, 3.05) is 5.75 Å². The Morgan fingerprint density at radius 2 is 1.14 bits per heavy atom. The van der Waals surface area contributed by atoms with Crippen molar-refractivity contribution in [2.24, 2.45) is 0 Å². The predicted molar refractivity (Wildman–Crippen MR) is 184 cm³/mol. The number of nitrogens with one attached hydrogen (secondary N) is 1. The van der Waals surface area contributed by atoms with Crippen molar-refractivity contribution in [3.8, 4) is 0 Å². The van der Waals surface area contributed by atoms with Crippen molar-refractivity contribution in [1.82, 2.24) is 5.32 Å². The van der Waals surface area contributed by atoms with Crippen molar-refractivity contribution in [3.63, 3.8) is 0 Å². The summed E-state index contributed by atoms with van der Waals surface area (Å²) in [5, 5.41) is 13.0. The van der Waals surface area contributed by atoms with Crippen LogP contribution in [0.3, 0.4) is 0 Å². The van der Waals surface area contributed by atoms with Crippen LogP contribution in [-0.2, 0) is 14.9 Å². The van der Waals surface area contributed by atoms with Gasteiger partial charge in [0.15, 0.2) is 0 Å². The Kier molecular flexibility index (Phi) is 27.9. The molecule has 0 bridgehead atoms. The lowest BCUT2D eigenvalue weighted by Gasteiger charge is -2.21. The Morgan fingerprint density at radius 3 is 1.70 bits per heavy atom. The molecular formula is C36H59NO5S. The Morgan fingerprint density at radius 1 is 0.651 bits per heavy atom. The first-order chi connectivity index (χ1) is 20.8. The van der Waals surface area contributed by atoms with Crippen LogP contribution in [0.5, 0.6) is 0 Å². The third-order valence-corrected chi connectivity index (χ3v) is 7.34. The monoisotopic (exact) mass is 617 g/mol. The zero-order valence-corrected chi connectivity index (χ0v) is 27.6. The van der Waals surface area contributed by atoms with E-state index in [0.717, 1.165) is 64.2 Å². The molecule has 0 aromatic heterocycles. The maximum Gasteiger partial charge on any atom is 0.267 e. The van der Waals surface area contributed by atoms with Crippen LogP contribution >= 0.6 is 0 Å². The lowest BCUT2D eigenvalue weighted by atomic mass is 10.1. The van der Waals surface area contributed by atoms with Gasteiger partial charge in [-0.05, 0) is 77.0 Å². The Balaban J connectivity index is 4.15. The molecule has 6 nitrogen and oxygen atoms in total. The lowest BCUT2D eigenvalue weighted by molar-refractivity contribution is -0.122. The first kappa shape index (κ1) is 40.5. The summed E-state index contributed by atoms with van der Waals surface area (Å²) >= 11 is 0. The normalized spacial score (nSPS) is 14.6. The third kappa shape index (κ3) is 30.8. The van der Waals surface area contributed by atoms with Gasteiger partial charge in [0.05, 0.1) is 17.9 Å². The number of amides is 1. The molecule has 0 aromatic carbocycles. The number of hydrogen-bond donors (Lipinski definition) is 3. The molecule has 0 spiro atoms. The number of hydrogen-bond acceptors (Lipinski definition) is 4. The van der Waals surface area contributed by atoms with Crippen molar-refractivity contribution < 1.29 is 22.9 Å². The molecule has 0 fully saturated rings. The highest BCUT2D eigenvalue weighted by Gasteiger charge is 2.24. The summed E-state index contributed by atoms with van der Waals surface area (Å²) in [5.74, 6) is -1.06. The molecule has 0 rings (SSSR count). The van der Waals surface area contributed by atoms with E-state index in [1.807, 2.05) is 0 Å². The SMILES string of the molecule is CC/C=C\C/C=C\C/C=C\C/C=C\C/C=C\CCCCCC(=O)NC(CS(=O)(=O)O)C(O)/C=C/CC/C=C/CCCCC. The molecule has 0 aliphatic rings. The maximum atomic E-state index is 12.4. The van der Waals surface area contributed by atoms with Gasteiger partial charge in [0.25, 0.3) is 10.1 Å². The number of carbonyl (C=O) groups excluding carboxylic acids is 1. The van der Waals surface area contributed by atoms with Crippen molar-refractivity contribution >= 4 is 16.0 Å². The van der Waals surface area contributed by atoms with Crippen molar-refractivity contribution in [2.45, 2.75) is 129 Å². The van der Waals surface area contributed by atoms with E-state index in [1.54, 1.807) is 6.08 Å². The smallest absolute Gasteiger partial charge is 0.267 e. The van der Waals surface area contributed by atoms with Crippen LogP contribution in [0.4, 0.5) is 0 Å². The van der Waals surface area contributed by atoms with E-state index >= 15 is 0 Å². The van der Waals surface area contributed by atoms with Gasteiger partial charge in [-0.2, -0.15) is 8.42 Å². The summed E-state index contributed by atoms with van der Waals surface area (Å²) in [6.07, 6.45) is 42.9. The molecule has 0 radical (unpaired) electrons. The van der Waals surface area contributed by atoms with Gasteiger partial charge in [-0.1, -0.05) is 118 Å². The Hall–Kier alpha value is -2.48. The summed E-state index contributed by atoms with van der Waals surface area (Å²) in [6.45, 7) is 4.31. The van der Waals surface area contributed by atoms with E-state index < -0.39 is 28.0 Å². The zero-order valence-electron chi connectivity index (χ0n) is 26.8. The van der Waals surface area contributed by atoms with Crippen LogP contribution in [0.25, 0.3) is 0 Å². The van der Waals surface area contributed by atoms with E-state index in [-0.39, 0.29) is 12.3 Å². The lowest BCUT2D eigenvalue weighted by Crippen LogP contribution is -2.46. The van der Waals surface area contributed by atoms with Crippen LogP contribution in [0, 0.1) is 0 Å². The van der Waals surface area contributed by atoms with E-state index in [9.17, 15) is 22.9 Å². The largest absolute Gasteiger partial charge is 0.387 e. The van der Waals surface area contributed by atoms with E-state index in [4.69, 9.17) is 0 Å². The second kappa shape index (κ2) is 29.6. The average molecular weight is 618 g/mol. The summed E-state index contributed by atoms with van der Waals surface area (Å²) in [6, 6.07) is -1.09. The number of unbranched alkanes of at least 4 members (excludes halogenated alkanes) is 7. The van der Waals surface area contributed by atoms with Crippen LogP contribution in [0.2, 0.25) is 0 Å². The number of aliphatic hydroxyl groups is 1. The summed E-state index contributed by atoms with van der Waals surface area (Å²) in [7, 11) is -4.36. The highest BCUT2D eigenvalue weighted by Crippen LogP contribution is 2.08. The molecular weight excluding hydrogens is 558 g/mol. The molecule has 7 heteroatoms. The highest BCUT2D eigenvalue weighted by atomic mass is 32.2. The molecule has 2 atom stereocenters. The maximum absolute atomic E-state index is 12.4. The van der Waals surface area contributed by atoms with Crippen LogP contribution in [-0.4, -0.2) is 41.9 Å².